The normalized spacial score (nSPS) is 22.9. The molecule has 1 aliphatic carbocycles. The van der Waals surface area contributed by atoms with Crippen molar-refractivity contribution in [1.82, 2.24) is 0 Å². The molecule has 2 N–H and O–H groups in total. The number of rotatable bonds is 1. The fraction of sp³-hybridized carbons (Fsp3) is 0.200. The third kappa shape index (κ3) is 1.93. The van der Waals surface area contributed by atoms with Crippen LogP contribution in [0.4, 0.5) is 0 Å². The lowest BCUT2D eigenvalue weighted by atomic mass is 9.92. The van der Waals surface area contributed by atoms with Gasteiger partial charge in [-0.15, -0.1) is 0 Å². The molecule has 0 aliphatic heterocycles. The van der Waals surface area contributed by atoms with E-state index in [4.69, 9.17) is 9.95 Å². The van der Waals surface area contributed by atoms with Crippen molar-refractivity contribution in [1.29, 1.82) is 5.39 Å². The molecule has 0 saturated carbocycles. The maximum Gasteiger partial charge on any atom is 0.362 e. The zero-order valence-electron chi connectivity index (χ0n) is 8.56. The molecule has 0 heterocycles. The van der Waals surface area contributed by atoms with Crippen LogP contribution in [-0.2, 0) is 10.1 Å². The van der Waals surface area contributed by atoms with Gasteiger partial charge in [-0.25, -0.2) is 0 Å². The van der Waals surface area contributed by atoms with Crippen molar-refractivity contribution in [2.45, 2.75) is 17.0 Å². The molecule has 0 spiro atoms. The Bertz CT molecular complexity index is 630. The summed E-state index contributed by atoms with van der Waals surface area (Å²) < 4.78 is 31.3. The van der Waals surface area contributed by atoms with E-state index in [9.17, 15) is 13.5 Å². The van der Waals surface area contributed by atoms with Gasteiger partial charge in [0.15, 0.2) is 6.10 Å². The van der Waals surface area contributed by atoms with Crippen LogP contribution < -0.4 is 0 Å². The quantitative estimate of drug-likeness (QED) is 0.578. The first-order valence-electron chi connectivity index (χ1n) is 4.76. The molecule has 0 bridgehead atoms. The Hall–Kier alpha value is -1.75. The SMILES string of the molecule is N#[N+]C1C=Cc2c(cccc2S(=O)(=O)O)C1O. The lowest BCUT2D eigenvalue weighted by molar-refractivity contribution is 0.172. The summed E-state index contributed by atoms with van der Waals surface area (Å²) in [5.74, 6) is 0. The van der Waals surface area contributed by atoms with Gasteiger partial charge < -0.3 is 5.11 Å². The highest BCUT2D eigenvalue weighted by Gasteiger charge is 2.35. The van der Waals surface area contributed by atoms with Crippen LogP contribution in [0, 0.1) is 5.39 Å². The van der Waals surface area contributed by atoms with Gasteiger partial charge in [0.2, 0.25) is 5.39 Å². The molecule has 6 nitrogen and oxygen atoms in total. The fourth-order valence-corrected chi connectivity index (χ4v) is 2.52. The smallest absolute Gasteiger partial charge is 0.362 e. The number of aliphatic hydroxyl groups is 1. The summed E-state index contributed by atoms with van der Waals surface area (Å²) in [7, 11) is -4.35. The first-order chi connectivity index (χ1) is 7.95. The molecule has 1 aromatic rings. The third-order valence-corrected chi connectivity index (χ3v) is 3.53. The molecule has 2 atom stereocenters. The van der Waals surface area contributed by atoms with E-state index in [0.717, 1.165) is 0 Å². The Morgan fingerprint density at radius 2 is 2.06 bits per heavy atom. The monoisotopic (exact) mass is 253 g/mol. The van der Waals surface area contributed by atoms with Crippen molar-refractivity contribution in [2.24, 2.45) is 0 Å². The van der Waals surface area contributed by atoms with Crippen molar-refractivity contribution < 1.29 is 18.1 Å². The molecule has 0 fully saturated rings. The minimum absolute atomic E-state index is 0.211. The van der Waals surface area contributed by atoms with E-state index in [0.29, 0.717) is 5.56 Å². The van der Waals surface area contributed by atoms with E-state index < -0.39 is 22.3 Å². The van der Waals surface area contributed by atoms with Crippen LogP contribution in [0.25, 0.3) is 11.1 Å². The summed E-state index contributed by atoms with van der Waals surface area (Å²) in [4.78, 5) is 2.69. The number of hydrogen-bond donors (Lipinski definition) is 2. The molecule has 0 saturated heterocycles. The van der Waals surface area contributed by atoms with Crippen LogP contribution in [0.2, 0.25) is 0 Å². The van der Waals surface area contributed by atoms with E-state index in [1.165, 1.54) is 30.4 Å². The van der Waals surface area contributed by atoms with Crippen molar-refractivity contribution in [3.63, 3.8) is 0 Å². The molecular formula is C10H9N2O4S+. The lowest BCUT2D eigenvalue weighted by Gasteiger charge is -2.16. The Morgan fingerprint density at radius 3 is 2.65 bits per heavy atom. The average molecular weight is 253 g/mol. The zero-order valence-corrected chi connectivity index (χ0v) is 9.37. The maximum atomic E-state index is 11.1. The molecule has 1 aromatic carbocycles. The standard InChI is InChI=1S/C10H8N2O4S/c11-12-8-5-4-6-7(10(8)13)2-1-3-9(6)17(14,15)16/h1-5,8,10,13H/p+1. The molecule has 88 valence electrons. The van der Waals surface area contributed by atoms with Crippen molar-refractivity contribution in [3.8, 4) is 0 Å². The molecule has 0 amide bonds. The van der Waals surface area contributed by atoms with E-state index in [2.05, 4.69) is 4.98 Å². The maximum absolute atomic E-state index is 11.1. The minimum Gasteiger partial charge on any atom is -0.380 e. The summed E-state index contributed by atoms with van der Waals surface area (Å²) in [6.45, 7) is 0. The van der Waals surface area contributed by atoms with Crippen LogP contribution in [-0.4, -0.2) is 24.1 Å². The summed E-state index contributed by atoms with van der Waals surface area (Å²) in [5.41, 5.74) is 0.507. The first-order valence-corrected chi connectivity index (χ1v) is 6.20. The highest BCUT2D eigenvalue weighted by atomic mass is 32.2. The summed E-state index contributed by atoms with van der Waals surface area (Å²) in [6.07, 6.45) is 1.62. The third-order valence-electron chi connectivity index (χ3n) is 2.61. The van der Waals surface area contributed by atoms with Gasteiger partial charge in [-0.3, -0.25) is 4.55 Å². The van der Waals surface area contributed by atoms with E-state index in [-0.39, 0.29) is 10.5 Å². The fourth-order valence-electron chi connectivity index (χ4n) is 1.81. The number of diazo groups is 1. The molecule has 0 aromatic heterocycles. The van der Waals surface area contributed by atoms with Gasteiger partial charge in [0.25, 0.3) is 10.1 Å². The van der Waals surface area contributed by atoms with Crippen LogP contribution >= 0.6 is 0 Å². The molecule has 2 rings (SSSR count). The molecular weight excluding hydrogens is 244 g/mol. The second-order valence-corrected chi connectivity index (χ2v) is 5.03. The summed E-state index contributed by atoms with van der Waals surface area (Å²) in [6, 6.07) is 3.32. The Balaban J connectivity index is 2.68. The molecule has 0 radical (unpaired) electrons. The number of benzene rings is 1. The zero-order chi connectivity index (χ0) is 12.6. The molecule has 7 heteroatoms. The summed E-state index contributed by atoms with van der Waals surface area (Å²) in [5, 5.41) is 18.5. The average Bonchev–Trinajstić information content (AvgIpc) is 2.28. The Kier molecular flexibility index (Phi) is 2.71. The van der Waals surface area contributed by atoms with Gasteiger partial charge in [0.1, 0.15) is 9.87 Å². The topological polar surface area (TPSA) is 103 Å². The number of aliphatic hydroxyl groups excluding tert-OH is 1. The number of nitrogens with zero attached hydrogens (tertiary/aromatic N) is 2. The largest absolute Gasteiger partial charge is 0.380 e. The van der Waals surface area contributed by atoms with Crippen molar-refractivity contribution in [2.75, 3.05) is 0 Å². The van der Waals surface area contributed by atoms with Crippen LogP contribution in [0.3, 0.4) is 0 Å². The molecule has 1 aliphatic rings. The second-order valence-electron chi connectivity index (χ2n) is 3.64. The van der Waals surface area contributed by atoms with Gasteiger partial charge in [-0.2, -0.15) is 8.42 Å². The highest BCUT2D eigenvalue weighted by molar-refractivity contribution is 7.85. The van der Waals surface area contributed by atoms with E-state index in [1.807, 2.05) is 0 Å². The van der Waals surface area contributed by atoms with Gasteiger partial charge >= 0.3 is 6.04 Å². The number of hydrogen-bond acceptors (Lipinski definition) is 4. The predicted octanol–water partition coefficient (Wildman–Crippen LogP) is 1.22. The van der Waals surface area contributed by atoms with Crippen molar-refractivity contribution in [3.05, 3.63) is 40.4 Å². The van der Waals surface area contributed by atoms with Gasteiger partial charge in [-0.1, -0.05) is 12.1 Å². The van der Waals surface area contributed by atoms with Crippen LogP contribution in [0.15, 0.2) is 29.2 Å². The van der Waals surface area contributed by atoms with Gasteiger partial charge in [-0.05, 0) is 17.7 Å². The van der Waals surface area contributed by atoms with Crippen LogP contribution in [0.1, 0.15) is 17.2 Å². The highest BCUT2D eigenvalue weighted by Crippen LogP contribution is 2.33. The second kappa shape index (κ2) is 3.92. The predicted molar refractivity (Wildman–Crippen MR) is 59.1 cm³/mol. The van der Waals surface area contributed by atoms with Gasteiger partial charge in [0.05, 0.1) is 0 Å². The number of fused-ring (bicyclic) bond motifs is 1. The Morgan fingerprint density at radius 1 is 1.35 bits per heavy atom. The first kappa shape index (κ1) is 11.7. The lowest BCUT2D eigenvalue weighted by Crippen LogP contribution is -2.18. The summed E-state index contributed by atoms with van der Waals surface area (Å²) >= 11 is 0. The van der Waals surface area contributed by atoms with Gasteiger partial charge in [0, 0.05) is 11.6 Å². The molecule has 17 heavy (non-hydrogen) atoms. The van der Waals surface area contributed by atoms with E-state index >= 15 is 0 Å². The minimum atomic E-state index is -4.35. The Labute approximate surface area is 97.6 Å². The van der Waals surface area contributed by atoms with Crippen molar-refractivity contribution >= 4 is 16.2 Å². The van der Waals surface area contributed by atoms with Crippen LogP contribution in [0.5, 0.6) is 0 Å². The molecule has 2 unspecified atom stereocenters. The van der Waals surface area contributed by atoms with E-state index in [1.54, 1.807) is 0 Å².